The molecule has 2 N–H and O–H groups in total. The summed E-state index contributed by atoms with van der Waals surface area (Å²) in [4.78, 5) is 11.2. The SMILES string of the molecule is CCCNCC(=O)NCCCOCCOC. The van der Waals surface area contributed by atoms with E-state index in [-0.39, 0.29) is 5.91 Å². The van der Waals surface area contributed by atoms with Gasteiger partial charge in [0.25, 0.3) is 0 Å². The molecule has 96 valence electrons. The van der Waals surface area contributed by atoms with Crippen LogP contribution < -0.4 is 10.6 Å². The normalized spacial score (nSPS) is 10.4. The van der Waals surface area contributed by atoms with Crippen LogP contribution in [0.4, 0.5) is 0 Å². The minimum Gasteiger partial charge on any atom is -0.382 e. The molecule has 0 radical (unpaired) electrons. The number of hydrogen-bond donors (Lipinski definition) is 2. The van der Waals surface area contributed by atoms with E-state index in [2.05, 4.69) is 17.6 Å². The van der Waals surface area contributed by atoms with E-state index in [4.69, 9.17) is 9.47 Å². The van der Waals surface area contributed by atoms with Crippen LogP contribution in [0.5, 0.6) is 0 Å². The molecular weight excluding hydrogens is 208 g/mol. The molecule has 16 heavy (non-hydrogen) atoms. The molecule has 5 nitrogen and oxygen atoms in total. The summed E-state index contributed by atoms with van der Waals surface area (Å²) in [5, 5.41) is 5.86. The Labute approximate surface area is 97.9 Å². The van der Waals surface area contributed by atoms with Gasteiger partial charge in [0.05, 0.1) is 19.8 Å². The highest BCUT2D eigenvalue weighted by Gasteiger charge is 1.98. The van der Waals surface area contributed by atoms with E-state index in [1.807, 2.05) is 0 Å². The van der Waals surface area contributed by atoms with Crippen molar-refractivity contribution in [1.29, 1.82) is 0 Å². The fourth-order valence-electron chi connectivity index (χ4n) is 1.09. The van der Waals surface area contributed by atoms with E-state index < -0.39 is 0 Å². The monoisotopic (exact) mass is 232 g/mol. The van der Waals surface area contributed by atoms with E-state index in [0.29, 0.717) is 32.9 Å². The van der Waals surface area contributed by atoms with Crippen molar-refractivity contribution in [2.24, 2.45) is 0 Å². The number of nitrogens with one attached hydrogen (secondary N) is 2. The van der Waals surface area contributed by atoms with Gasteiger partial charge in [0.1, 0.15) is 0 Å². The second-order valence-electron chi connectivity index (χ2n) is 3.49. The highest BCUT2D eigenvalue weighted by atomic mass is 16.5. The van der Waals surface area contributed by atoms with Crippen LogP contribution in [0.3, 0.4) is 0 Å². The van der Waals surface area contributed by atoms with Crippen LogP contribution in [-0.4, -0.2) is 52.5 Å². The van der Waals surface area contributed by atoms with Crippen molar-refractivity contribution in [2.75, 3.05) is 46.6 Å². The Morgan fingerprint density at radius 1 is 1.19 bits per heavy atom. The molecule has 1 amide bonds. The van der Waals surface area contributed by atoms with Crippen molar-refractivity contribution in [2.45, 2.75) is 19.8 Å². The zero-order chi connectivity index (χ0) is 12.1. The lowest BCUT2D eigenvalue weighted by Gasteiger charge is -2.06. The van der Waals surface area contributed by atoms with E-state index in [0.717, 1.165) is 19.4 Å². The van der Waals surface area contributed by atoms with E-state index in [1.54, 1.807) is 7.11 Å². The van der Waals surface area contributed by atoms with Crippen molar-refractivity contribution >= 4 is 5.91 Å². The Morgan fingerprint density at radius 3 is 2.69 bits per heavy atom. The van der Waals surface area contributed by atoms with Gasteiger partial charge in [-0.2, -0.15) is 0 Å². The third-order valence-corrected chi connectivity index (χ3v) is 1.93. The first-order chi connectivity index (χ1) is 7.81. The quantitative estimate of drug-likeness (QED) is 0.498. The fraction of sp³-hybridized carbons (Fsp3) is 0.909. The molecule has 0 aromatic rings. The molecule has 0 heterocycles. The lowest BCUT2D eigenvalue weighted by Crippen LogP contribution is -2.34. The molecule has 0 aromatic carbocycles. The number of hydrogen-bond acceptors (Lipinski definition) is 4. The van der Waals surface area contributed by atoms with E-state index in [9.17, 15) is 4.79 Å². The highest BCUT2D eigenvalue weighted by molar-refractivity contribution is 5.77. The van der Waals surface area contributed by atoms with Crippen LogP contribution in [0.2, 0.25) is 0 Å². The van der Waals surface area contributed by atoms with Crippen LogP contribution in [0, 0.1) is 0 Å². The summed E-state index contributed by atoms with van der Waals surface area (Å²) >= 11 is 0. The summed E-state index contributed by atoms with van der Waals surface area (Å²) in [6, 6.07) is 0. The Bertz CT molecular complexity index is 165. The average molecular weight is 232 g/mol. The number of methoxy groups -OCH3 is 1. The first-order valence-electron chi connectivity index (χ1n) is 5.85. The number of carbonyl (C=O) groups excluding carboxylic acids is 1. The minimum absolute atomic E-state index is 0.0466. The molecule has 0 rings (SSSR count). The highest BCUT2D eigenvalue weighted by Crippen LogP contribution is 1.81. The van der Waals surface area contributed by atoms with Crippen molar-refractivity contribution < 1.29 is 14.3 Å². The maximum Gasteiger partial charge on any atom is 0.233 e. The molecule has 0 saturated carbocycles. The summed E-state index contributed by atoms with van der Waals surface area (Å²) < 4.78 is 10.1. The van der Waals surface area contributed by atoms with Gasteiger partial charge in [-0.05, 0) is 19.4 Å². The standard InChI is InChI=1S/C11H24N2O3/c1-3-5-12-10-11(14)13-6-4-7-16-9-8-15-2/h12H,3-10H2,1-2H3,(H,13,14). The zero-order valence-electron chi connectivity index (χ0n) is 10.4. The molecule has 0 aliphatic carbocycles. The average Bonchev–Trinajstić information content (AvgIpc) is 2.28. The maximum atomic E-state index is 11.2. The van der Waals surface area contributed by atoms with Gasteiger partial charge in [0, 0.05) is 20.3 Å². The van der Waals surface area contributed by atoms with Gasteiger partial charge in [0.15, 0.2) is 0 Å². The Morgan fingerprint density at radius 2 is 2.00 bits per heavy atom. The summed E-state index contributed by atoms with van der Waals surface area (Å²) in [6.45, 7) is 5.91. The Balaban J connectivity index is 3.09. The van der Waals surface area contributed by atoms with Crippen molar-refractivity contribution in [3.8, 4) is 0 Å². The third kappa shape index (κ3) is 11.4. The van der Waals surface area contributed by atoms with Gasteiger partial charge in [-0.15, -0.1) is 0 Å². The second-order valence-corrected chi connectivity index (χ2v) is 3.49. The zero-order valence-corrected chi connectivity index (χ0v) is 10.4. The molecule has 0 aliphatic heterocycles. The molecule has 5 heteroatoms. The molecule has 0 unspecified atom stereocenters. The van der Waals surface area contributed by atoms with Crippen LogP contribution >= 0.6 is 0 Å². The summed E-state index contributed by atoms with van der Waals surface area (Å²) in [7, 11) is 1.65. The minimum atomic E-state index is 0.0466. The molecule has 0 aliphatic rings. The maximum absolute atomic E-state index is 11.2. The largest absolute Gasteiger partial charge is 0.382 e. The summed E-state index contributed by atoms with van der Waals surface area (Å²) in [6.07, 6.45) is 1.88. The number of amides is 1. The number of carbonyl (C=O) groups is 1. The smallest absolute Gasteiger partial charge is 0.233 e. The first kappa shape index (κ1) is 15.3. The molecule has 0 atom stereocenters. The van der Waals surface area contributed by atoms with Gasteiger partial charge in [-0.3, -0.25) is 4.79 Å². The van der Waals surface area contributed by atoms with Gasteiger partial charge >= 0.3 is 0 Å². The van der Waals surface area contributed by atoms with Crippen LogP contribution in [0.15, 0.2) is 0 Å². The Hall–Kier alpha value is -0.650. The molecule has 0 aromatic heterocycles. The third-order valence-electron chi connectivity index (χ3n) is 1.93. The summed E-state index contributed by atoms with van der Waals surface area (Å²) in [5.41, 5.74) is 0. The lowest BCUT2D eigenvalue weighted by molar-refractivity contribution is -0.120. The van der Waals surface area contributed by atoms with E-state index in [1.165, 1.54) is 0 Å². The van der Waals surface area contributed by atoms with Gasteiger partial charge in [0.2, 0.25) is 5.91 Å². The molecule has 0 fully saturated rings. The number of rotatable bonds is 11. The van der Waals surface area contributed by atoms with Crippen molar-refractivity contribution in [1.82, 2.24) is 10.6 Å². The lowest BCUT2D eigenvalue weighted by atomic mass is 10.4. The molecule has 0 spiro atoms. The van der Waals surface area contributed by atoms with Crippen LogP contribution in [0.1, 0.15) is 19.8 Å². The molecule has 0 saturated heterocycles. The molecular formula is C11H24N2O3. The topological polar surface area (TPSA) is 59.6 Å². The molecule has 0 bridgehead atoms. The van der Waals surface area contributed by atoms with E-state index >= 15 is 0 Å². The fourth-order valence-corrected chi connectivity index (χ4v) is 1.09. The van der Waals surface area contributed by atoms with Crippen molar-refractivity contribution in [3.05, 3.63) is 0 Å². The second kappa shape index (κ2) is 12.4. The Kier molecular flexibility index (Phi) is 11.9. The van der Waals surface area contributed by atoms with Crippen LogP contribution in [0.25, 0.3) is 0 Å². The first-order valence-corrected chi connectivity index (χ1v) is 5.85. The van der Waals surface area contributed by atoms with Gasteiger partial charge < -0.3 is 20.1 Å². The predicted octanol–water partition coefficient (Wildman–Crippen LogP) is 0.155. The summed E-state index contributed by atoms with van der Waals surface area (Å²) in [5.74, 6) is 0.0466. The van der Waals surface area contributed by atoms with Gasteiger partial charge in [-0.1, -0.05) is 6.92 Å². The van der Waals surface area contributed by atoms with Gasteiger partial charge in [-0.25, -0.2) is 0 Å². The van der Waals surface area contributed by atoms with Crippen LogP contribution in [-0.2, 0) is 14.3 Å². The number of ether oxygens (including phenoxy) is 2. The predicted molar refractivity (Wildman–Crippen MR) is 63.5 cm³/mol. The van der Waals surface area contributed by atoms with Crippen molar-refractivity contribution in [3.63, 3.8) is 0 Å².